The van der Waals surface area contributed by atoms with Crippen molar-refractivity contribution in [2.24, 2.45) is 0 Å². The van der Waals surface area contributed by atoms with Gasteiger partial charge in [-0.15, -0.1) is 0 Å². The second-order valence-electron chi connectivity index (χ2n) is 22.0. The zero-order valence-corrected chi connectivity index (χ0v) is 52.2. The Kier molecular flexibility index (Phi) is 53.2. The summed E-state index contributed by atoms with van der Waals surface area (Å²) >= 11 is 0. The minimum atomic E-state index is -1.92. The molecule has 0 aromatic rings. The van der Waals surface area contributed by atoms with Crippen molar-refractivity contribution in [3.8, 4) is 0 Å². The Labute approximate surface area is 504 Å². The standard InChI is InChI=1S/C71H116O12/c1-4-7-10-13-16-19-22-25-28-30-32-34-37-39-42-45-48-51-54-57-63(72)79-60-62(81-64(73)58-55-52-49-46-43-40-36-27-24-21-18-15-12-9-6-3)61-80-71-69(67(76)66(75)68(83-71)70(77)78)82-65(74)59-56-53-50-47-44-41-38-35-33-31-29-26-23-20-17-14-11-8-5-2/h7,9-10,12,16,18-19,21,25-29,32,34,36,39,42,62,66-69,71,75-76H,4-6,8,11,13-15,17,20,22-24,30-31,33,35,37-38,40-41,43-61H2,1-3H3,(H,77,78)/b10-7-,12-9-,19-16-,21-18-,28-25-,29-26-,34-32-,36-27-,42-39-. The Balaban J connectivity index is 2.68. The number of allylic oxidation sites excluding steroid dienone is 18. The van der Waals surface area contributed by atoms with Crippen molar-refractivity contribution >= 4 is 23.9 Å². The van der Waals surface area contributed by atoms with Gasteiger partial charge in [-0.1, -0.05) is 233 Å². The van der Waals surface area contributed by atoms with Crippen LogP contribution in [-0.2, 0) is 42.9 Å². The first-order valence-electron chi connectivity index (χ1n) is 32.9. The fourth-order valence-electron chi connectivity index (χ4n) is 9.34. The molecule has 0 aliphatic carbocycles. The first-order chi connectivity index (χ1) is 40.6. The number of carbonyl (C=O) groups excluding carboxylic acids is 3. The first-order valence-corrected chi connectivity index (χ1v) is 32.9. The lowest BCUT2D eigenvalue weighted by Crippen LogP contribution is -2.61. The molecule has 6 atom stereocenters. The molecule has 83 heavy (non-hydrogen) atoms. The number of esters is 3. The first kappa shape index (κ1) is 76.4. The van der Waals surface area contributed by atoms with E-state index in [0.29, 0.717) is 19.3 Å². The van der Waals surface area contributed by atoms with Gasteiger partial charge in [0.15, 0.2) is 24.6 Å². The van der Waals surface area contributed by atoms with Gasteiger partial charge in [-0.3, -0.25) is 14.4 Å². The molecule has 0 saturated carbocycles. The molecule has 1 heterocycles. The molecule has 1 aliphatic rings. The van der Waals surface area contributed by atoms with Crippen molar-refractivity contribution in [2.75, 3.05) is 13.2 Å². The summed E-state index contributed by atoms with van der Waals surface area (Å²) in [4.78, 5) is 51.4. The average molecular weight is 1160 g/mol. The van der Waals surface area contributed by atoms with Crippen LogP contribution in [0.15, 0.2) is 109 Å². The molecule has 1 rings (SSSR count). The highest BCUT2D eigenvalue weighted by Gasteiger charge is 2.50. The van der Waals surface area contributed by atoms with E-state index in [2.05, 4.69) is 130 Å². The highest BCUT2D eigenvalue weighted by atomic mass is 16.7. The molecule has 6 unspecified atom stereocenters. The molecule has 0 radical (unpaired) electrons. The highest BCUT2D eigenvalue weighted by Crippen LogP contribution is 2.26. The monoisotopic (exact) mass is 1160 g/mol. The van der Waals surface area contributed by atoms with Gasteiger partial charge in [-0.05, 0) is 122 Å². The predicted octanol–water partition coefficient (Wildman–Crippen LogP) is 17.8. The maximum atomic E-state index is 13.2. The Morgan fingerprint density at radius 1 is 0.410 bits per heavy atom. The summed E-state index contributed by atoms with van der Waals surface area (Å²) in [5.41, 5.74) is 0. The van der Waals surface area contributed by atoms with E-state index in [1.54, 1.807) is 0 Å². The molecule has 12 nitrogen and oxygen atoms in total. The van der Waals surface area contributed by atoms with Gasteiger partial charge < -0.3 is 39.0 Å². The summed E-state index contributed by atoms with van der Waals surface area (Å²) in [7, 11) is 0. The van der Waals surface area contributed by atoms with Crippen LogP contribution >= 0.6 is 0 Å². The van der Waals surface area contributed by atoms with Gasteiger partial charge in [-0.25, -0.2) is 4.79 Å². The maximum absolute atomic E-state index is 13.2. The van der Waals surface area contributed by atoms with E-state index in [0.717, 1.165) is 135 Å². The van der Waals surface area contributed by atoms with Gasteiger partial charge in [0.1, 0.15) is 18.8 Å². The third-order valence-corrected chi connectivity index (χ3v) is 14.3. The van der Waals surface area contributed by atoms with Crippen LogP contribution in [0.5, 0.6) is 0 Å². The quantitative estimate of drug-likeness (QED) is 0.0228. The number of aliphatic hydroxyl groups is 2. The van der Waals surface area contributed by atoms with Crippen molar-refractivity contribution in [3.63, 3.8) is 0 Å². The third-order valence-electron chi connectivity index (χ3n) is 14.3. The van der Waals surface area contributed by atoms with Crippen molar-refractivity contribution in [2.45, 2.75) is 302 Å². The molecule has 472 valence electrons. The summed E-state index contributed by atoms with van der Waals surface area (Å²) in [6, 6.07) is 0. The summed E-state index contributed by atoms with van der Waals surface area (Å²) in [6.45, 7) is 5.74. The smallest absolute Gasteiger partial charge is 0.335 e. The fourth-order valence-corrected chi connectivity index (χ4v) is 9.34. The minimum absolute atomic E-state index is 0.0484. The van der Waals surface area contributed by atoms with Gasteiger partial charge in [0, 0.05) is 19.3 Å². The maximum Gasteiger partial charge on any atom is 0.335 e. The van der Waals surface area contributed by atoms with Crippen LogP contribution in [-0.4, -0.2) is 89.2 Å². The Hall–Kier alpha value is -4.62. The van der Waals surface area contributed by atoms with Gasteiger partial charge in [0.2, 0.25) is 0 Å². The normalized spacial score (nSPS) is 18.3. The summed E-state index contributed by atoms with van der Waals surface area (Å²) < 4.78 is 28.5. The van der Waals surface area contributed by atoms with E-state index in [1.165, 1.54) is 70.6 Å². The number of rotatable bonds is 55. The molecule has 1 aliphatic heterocycles. The molecule has 1 saturated heterocycles. The van der Waals surface area contributed by atoms with Crippen LogP contribution in [0.4, 0.5) is 0 Å². The van der Waals surface area contributed by atoms with Gasteiger partial charge >= 0.3 is 23.9 Å². The van der Waals surface area contributed by atoms with Crippen molar-refractivity contribution in [1.82, 2.24) is 0 Å². The molecule has 0 amide bonds. The van der Waals surface area contributed by atoms with E-state index in [9.17, 15) is 34.5 Å². The van der Waals surface area contributed by atoms with Crippen molar-refractivity contribution in [1.29, 1.82) is 0 Å². The van der Waals surface area contributed by atoms with Crippen LogP contribution < -0.4 is 0 Å². The fraction of sp³-hybridized carbons (Fsp3) is 0.690. The number of aliphatic hydroxyl groups excluding tert-OH is 2. The molecule has 1 fully saturated rings. The number of carboxylic acid groups (broad SMARTS) is 1. The Bertz CT molecular complexity index is 1860. The zero-order valence-electron chi connectivity index (χ0n) is 52.2. The Morgan fingerprint density at radius 3 is 1.18 bits per heavy atom. The van der Waals surface area contributed by atoms with Crippen molar-refractivity contribution < 1.29 is 58.2 Å². The van der Waals surface area contributed by atoms with Gasteiger partial charge in [0.05, 0.1) is 6.61 Å². The zero-order chi connectivity index (χ0) is 60.3. The van der Waals surface area contributed by atoms with Crippen LogP contribution in [0.1, 0.15) is 265 Å². The van der Waals surface area contributed by atoms with E-state index in [-0.39, 0.29) is 25.9 Å². The molecule has 0 bridgehead atoms. The second kappa shape index (κ2) is 57.8. The summed E-state index contributed by atoms with van der Waals surface area (Å²) in [5, 5.41) is 31.6. The lowest BCUT2D eigenvalue weighted by atomic mass is 9.98. The minimum Gasteiger partial charge on any atom is -0.479 e. The lowest BCUT2D eigenvalue weighted by Gasteiger charge is -2.40. The third kappa shape index (κ3) is 47.3. The lowest BCUT2D eigenvalue weighted by molar-refractivity contribution is -0.301. The van der Waals surface area contributed by atoms with E-state index in [1.807, 2.05) is 0 Å². The number of ether oxygens (including phenoxy) is 5. The number of carboxylic acids is 1. The second-order valence-corrected chi connectivity index (χ2v) is 22.0. The van der Waals surface area contributed by atoms with E-state index < -0.39 is 67.3 Å². The van der Waals surface area contributed by atoms with Crippen LogP contribution in [0.25, 0.3) is 0 Å². The van der Waals surface area contributed by atoms with Crippen LogP contribution in [0.2, 0.25) is 0 Å². The number of hydrogen-bond acceptors (Lipinski definition) is 11. The van der Waals surface area contributed by atoms with Crippen LogP contribution in [0, 0.1) is 0 Å². The number of carbonyl (C=O) groups is 4. The molecule has 0 spiro atoms. The molecule has 12 heteroatoms. The number of hydrogen-bond donors (Lipinski definition) is 3. The van der Waals surface area contributed by atoms with Crippen LogP contribution in [0.3, 0.4) is 0 Å². The molecule has 3 N–H and O–H groups in total. The van der Waals surface area contributed by atoms with E-state index in [4.69, 9.17) is 23.7 Å². The largest absolute Gasteiger partial charge is 0.479 e. The Morgan fingerprint density at radius 2 is 0.759 bits per heavy atom. The highest BCUT2D eigenvalue weighted by molar-refractivity contribution is 5.74. The molecule has 0 aromatic heterocycles. The topological polar surface area (TPSA) is 175 Å². The average Bonchev–Trinajstić information content (AvgIpc) is 3.57. The van der Waals surface area contributed by atoms with Gasteiger partial charge in [-0.2, -0.15) is 0 Å². The summed E-state index contributed by atoms with van der Waals surface area (Å²) in [5.74, 6) is -3.19. The number of unbranched alkanes of at least 4 members (excludes halogenated alkanes) is 23. The van der Waals surface area contributed by atoms with E-state index >= 15 is 0 Å². The predicted molar refractivity (Wildman–Crippen MR) is 340 cm³/mol. The SMILES string of the molecule is CC/C=C\C/C=C\C/C=C\C/C=C\C/C=C\CCCCCC(=O)OCC(COC1OC(C(=O)O)C(O)C(O)C1OC(=O)CCCCCCCCCCC/C=C\CCCCCCCC)OC(=O)CCCCCCC/C=C\C/C=C\C/C=C\CC. The van der Waals surface area contributed by atoms with Gasteiger partial charge in [0.25, 0.3) is 0 Å². The number of aliphatic carboxylic acids is 1. The molecular formula is C71H116O12. The molecule has 0 aromatic carbocycles. The molecular weight excluding hydrogens is 1040 g/mol. The summed E-state index contributed by atoms with van der Waals surface area (Å²) in [6.07, 6.45) is 66.1. The van der Waals surface area contributed by atoms with Crippen molar-refractivity contribution in [3.05, 3.63) is 109 Å².